The van der Waals surface area contributed by atoms with E-state index in [1.165, 1.54) is 0 Å². The van der Waals surface area contributed by atoms with Gasteiger partial charge >= 0.3 is 0 Å². The Bertz CT molecular complexity index is 935. The molecule has 1 aromatic heterocycles. The number of likely N-dealkylation sites (N-methyl/N-ethyl adjacent to an activating group) is 1. The largest absolute Gasteiger partial charge is 0.483 e. The van der Waals surface area contributed by atoms with Crippen LogP contribution in [-0.4, -0.2) is 60.5 Å². The molecule has 0 saturated carbocycles. The molecule has 1 aliphatic rings. The van der Waals surface area contributed by atoms with Gasteiger partial charge < -0.3 is 14.5 Å². The second-order valence-corrected chi connectivity index (χ2v) is 6.86. The number of hydrogen-bond donors (Lipinski definition) is 0. The zero-order valence-corrected chi connectivity index (χ0v) is 15.5. The third-order valence-corrected chi connectivity index (χ3v) is 4.95. The first-order valence-corrected chi connectivity index (χ1v) is 9.25. The van der Waals surface area contributed by atoms with Crippen molar-refractivity contribution in [3.05, 3.63) is 60.7 Å². The number of aromatic nitrogens is 1. The fourth-order valence-corrected chi connectivity index (χ4v) is 3.31. The Morgan fingerprint density at radius 2 is 1.70 bits per heavy atom. The van der Waals surface area contributed by atoms with Crippen LogP contribution in [0.15, 0.2) is 60.7 Å². The fourth-order valence-electron chi connectivity index (χ4n) is 3.31. The first-order chi connectivity index (χ1) is 13.2. The number of amides is 1. The molecule has 138 valence electrons. The molecule has 5 heteroatoms. The number of carbonyl (C=O) groups excluding carboxylic acids is 1. The van der Waals surface area contributed by atoms with E-state index < -0.39 is 0 Å². The molecule has 4 rings (SSSR count). The second-order valence-electron chi connectivity index (χ2n) is 6.86. The van der Waals surface area contributed by atoms with Crippen LogP contribution in [0.2, 0.25) is 0 Å². The average Bonchev–Trinajstić information content (AvgIpc) is 2.72. The van der Waals surface area contributed by atoms with Crippen LogP contribution >= 0.6 is 0 Å². The van der Waals surface area contributed by atoms with Crippen molar-refractivity contribution in [3.8, 4) is 17.0 Å². The molecule has 0 radical (unpaired) electrons. The number of ether oxygens (including phenoxy) is 1. The van der Waals surface area contributed by atoms with Crippen LogP contribution in [0.3, 0.4) is 0 Å². The summed E-state index contributed by atoms with van der Waals surface area (Å²) in [6, 6.07) is 19.8. The number of hydrogen-bond acceptors (Lipinski definition) is 4. The van der Waals surface area contributed by atoms with Gasteiger partial charge in [-0.25, -0.2) is 4.98 Å². The van der Waals surface area contributed by atoms with Gasteiger partial charge in [-0.05, 0) is 19.2 Å². The van der Waals surface area contributed by atoms with Gasteiger partial charge in [-0.2, -0.15) is 0 Å². The lowest BCUT2D eigenvalue weighted by Gasteiger charge is -2.32. The van der Waals surface area contributed by atoms with Crippen molar-refractivity contribution in [3.63, 3.8) is 0 Å². The van der Waals surface area contributed by atoms with Crippen molar-refractivity contribution in [2.45, 2.75) is 0 Å². The summed E-state index contributed by atoms with van der Waals surface area (Å²) in [5.41, 5.74) is 2.73. The Labute approximate surface area is 159 Å². The van der Waals surface area contributed by atoms with Crippen LogP contribution in [-0.2, 0) is 4.79 Å². The lowest BCUT2D eigenvalue weighted by Crippen LogP contribution is -2.48. The maximum absolute atomic E-state index is 12.5. The Morgan fingerprint density at radius 1 is 1.00 bits per heavy atom. The summed E-state index contributed by atoms with van der Waals surface area (Å²) < 4.78 is 5.98. The van der Waals surface area contributed by atoms with Crippen LogP contribution in [0.4, 0.5) is 0 Å². The average molecular weight is 361 g/mol. The fraction of sp³-hybridized carbons (Fsp3) is 0.273. The molecule has 0 unspecified atom stereocenters. The molecular weight excluding hydrogens is 338 g/mol. The van der Waals surface area contributed by atoms with Gasteiger partial charge in [0.05, 0.1) is 11.2 Å². The highest BCUT2D eigenvalue weighted by Gasteiger charge is 2.20. The van der Waals surface area contributed by atoms with Crippen LogP contribution in [0.1, 0.15) is 0 Å². The van der Waals surface area contributed by atoms with E-state index in [1.54, 1.807) is 0 Å². The molecule has 1 aliphatic heterocycles. The second kappa shape index (κ2) is 7.76. The minimum absolute atomic E-state index is 0.0326. The summed E-state index contributed by atoms with van der Waals surface area (Å²) in [4.78, 5) is 21.4. The van der Waals surface area contributed by atoms with Crippen molar-refractivity contribution < 1.29 is 9.53 Å². The van der Waals surface area contributed by atoms with E-state index >= 15 is 0 Å². The zero-order valence-electron chi connectivity index (χ0n) is 15.5. The van der Waals surface area contributed by atoms with E-state index in [0.717, 1.165) is 48.3 Å². The monoisotopic (exact) mass is 361 g/mol. The molecule has 1 fully saturated rings. The Balaban J connectivity index is 1.58. The van der Waals surface area contributed by atoms with Gasteiger partial charge in [-0.1, -0.05) is 42.5 Å². The van der Waals surface area contributed by atoms with Crippen LogP contribution < -0.4 is 4.74 Å². The molecule has 1 saturated heterocycles. The summed E-state index contributed by atoms with van der Waals surface area (Å²) in [5.74, 6) is 0.729. The molecule has 0 atom stereocenters. The van der Waals surface area contributed by atoms with E-state index in [2.05, 4.69) is 11.9 Å². The number of para-hydroxylation sites is 1. The van der Waals surface area contributed by atoms with Crippen LogP contribution in [0.25, 0.3) is 22.2 Å². The molecule has 27 heavy (non-hydrogen) atoms. The molecule has 0 spiro atoms. The highest BCUT2D eigenvalue weighted by atomic mass is 16.5. The number of fused-ring (bicyclic) bond motifs is 1. The summed E-state index contributed by atoms with van der Waals surface area (Å²) >= 11 is 0. The normalized spacial score (nSPS) is 15.1. The molecule has 1 amide bonds. The summed E-state index contributed by atoms with van der Waals surface area (Å²) in [6.45, 7) is 3.37. The van der Waals surface area contributed by atoms with Crippen molar-refractivity contribution >= 4 is 16.8 Å². The Kier molecular flexibility index (Phi) is 5.03. The highest BCUT2D eigenvalue weighted by Crippen LogP contribution is 2.30. The number of benzene rings is 2. The van der Waals surface area contributed by atoms with Gasteiger partial charge in [0.2, 0.25) is 0 Å². The zero-order chi connectivity index (χ0) is 18.6. The third-order valence-electron chi connectivity index (χ3n) is 4.95. The standard InChI is InChI=1S/C22H23N3O2/c1-24-11-13-25(14-12-24)22(26)16-27-21-15-20(17-7-3-2-4-8-17)23-19-10-6-5-9-18(19)21/h2-10,15H,11-14,16H2,1H3. The predicted molar refractivity (Wildman–Crippen MR) is 107 cm³/mol. The molecule has 0 aliphatic carbocycles. The number of rotatable bonds is 4. The van der Waals surface area contributed by atoms with Crippen LogP contribution in [0.5, 0.6) is 5.75 Å². The van der Waals surface area contributed by atoms with E-state index in [0.29, 0.717) is 5.75 Å². The summed E-state index contributed by atoms with van der Waals surface area (Å²) in [5, 5.41) is 0.920. The minimum Gasteiger partial charge on any atom is -0.483 e. The summed E-state index contributed by atoms with van der Waals surface area (Å²) in [7, 11) is 2.08. The number of carbonyl (C=O) groups is 1. The van der Waals surface area contributed by atoms with Gasteiger partial charge in [0.15, 0.2) is 6.61 Å². The molecule has 2 aromatic carbocycles. The van der Waals surface area contributed by atoms with Crippen molar-refractivity contribution in [2.75, 3.05) is 39.8 Å². The SMILES string of the molecule is CN1CCN(C(=O)COc2cc(-c3ccccc3)nc3ccccc23)CC1. The molecule has 2 heterocycles. The smallest absolute Gasteiger partial charge is 0.260 e. The first kappa shape index (κ1) is 17.5. The van der Waals surface area contributed by atoms with Crippen LogP contribution in [0, 0.1) is 0 Å². The lowest BCUT2D eigenvalue weighted by atomic mass is 10.1. The van der Waals surface area contributed by atoms with Gasteiger partial charge in [-0.3, -0.25) is 4.79 Å². The molecule has 0 bridgehead atoms. The quantitative estimate of drug-likeness (QED) is 0.717. The lowest BCUT2D eigenvalue weighted by molar-refractivity contribution is -0.134. The van der Waals surface area contributed by atoms with Gasteiger partial charge in [-0.15, -0.1) is 0 Å². The van der Waals surface area contributed by atoms with Gasteiger partial charge in [0.25, 0.3) is 5.91 Å². The molecule has 5 nitrogen and oxygen atoms in total. The van der Waals surface area contributed by atoms with E-state index in [-0.39, 0.29) is 12.5 Å². The Morgan fingerprint density at radius 3 is 2.48 bits per heavy atom. The molecule has 3 aromatic rings. The number of nitrogens with zero attached hydrogens (tertiary/aromatic N) is 3. The maximum atomic E-state index is 12.5. The topological polar surface area (TPSA) is 45.7 Å². The van der Waals surface area contributed by atoms with Crippen molar-refractivity contribution in [1.29, 1.82) is 0 Å². The van der Waals surface area contributed by atoms with E-state index in [9.17, 15) is 4.79 Å². The van der Waals surface area contributed by atoms with Crippen molar-refractivity contribution in [2.24, 2.45) is 0 Å². The highest BCUT2D eigenvalue weighted by molar-refractivity contribution is 5.88. The molecule has 0 N–H and O–H groups in total. The minimum atomic E-state index is 0.0326. The van der Waals surface area contributed by atoms with Gasteiger partial charge in [0.1, 0.15) is 5.75 Å². The number of piperazine rings is 1. The van der Waals surface area contributed by atoms with E-state index in [4.69, 9.17) is 9.72 Å². The van der Waals surface area contributed by atoms with Crippen molar-refractivity contribution in [1.82, 2.24) is 14.8 Å². The molecular formula is C22H23N3O2. The van der Waals surface area contributed by atoms with E-state index in [1.807, 2.05) is 65.6 Å². The summed E-state index contributed by atoms with van der Waals surface area (Å²) in [6.07, 6.45) is 0. The first-order valence-electron chi connectivity index (χ1n) is 9.25. The maximum Gasteiger partial charge on any atom is 0.260 e. The van der Waals surface area contributed by atoms with Gasteiger partial charge in [0, 0.05) is 43.2 Å². The Hall–Kier alpha value is -2.92. The number of pyridine rings is 1. The third kappa shape index (κ3) is 3.93. The predicted octanol–water partition coefficient (Wildman–Crippen LogP) is 3.05.